The summed E-state index contributed by atoms with van der Waals surface area (Å²) in [4.78, 5) is 10.4. The standard InChI is InChI=1S/C23H23N3O2S/c1-3-18(16-11-7-8-12-19(16)27)24-22-21-17(15-9-5-4-6-10-15)14-29-23(21)26-20(25-22)13-28-2/h4-12,14,18,27H,3,13H2,1-2H3,(H,24,25,26)/t18-/m0/s1. The highest BCUT2D eigenvalue weighted by molar-refractivity contribution is 7.17. The fraction of sp³-hybridized carbons (Fsp3) is 0.217. The Morgan fingerprint density at radius 1 is 1.07 bits per heavy atom. The van der Waals surface area contributed by atoms with Crippen molar-refractivity contribution in [1.29, 1.82) is 0 Å². The molecular weight excluding hydrogens is 382 g/mol. The summed E-state index contributed by atoms with van der Waals surface area (Å²) in [5.74, 6) is 1.68. The Bertz CT molecular complexity index is 1110. The second kappa shape index (κ2) is 8.59. The Hall–Kier alpha value is -2.96. The van der Waals surface area contributed by atoms with Crippen LogP contribution in [0.4, 0.5) is 5.82 Å². The third-order valence-corrected chi connectivity index (χ3v) is 5.74. The number of hydrogen-bond donors (Lipinski definition) is 2. The van der Waals surface area contributed by atoms with Gasteiger partial charge in [-0.2, -0.15) is 0 Å². The van der Waals surface area contributed by atoms with Gasteiger partial charge in [0, 0.05) is 23.6 Å². The zero-order valence-corrected chi connectivity index (χ0v) is 17.2. The number of anilines is 1. The van der Waals surface area contributed by atoms with E-state index in [1.807, 2.05) is 36.4 Å². The lowest BCUT2D eigenvalue weighted by Gasteiger charge is -2.20. The van der Waals surface area contributed by atoms with Crippen LogP contribution in [-0.2, 0) is 11.3 Å². The van der Waals surface area contributed by atoms with Crippen LogP contribution < -0.4 is 5.32 Å². The first kappa shape index (κ1) is 19.4. The van der Waals surface area contributed by atoms with Crippen LogP contribution in [0.15, 0.2) is 60.0 Å². The number of phenolic OH excluding ortho intramolecular Hbond substituents is 1. The highest BCUT2D eigenvalue weighted by atomic mass is 32.1. The maximum atomic E-state index is 10.3. The molecule has 2 aromatic carbocycles. The molecular formula is C23H23N3O2S. The molecule has 0 saturated heterocycles. The van der Waals surface area contributed by atoms with Crippen LogP contribution in [0.25, 0.3) is 21.3 Å². The van der Waals surface area contributed by atoms with Crippen molar-refractivity contribution in [2.45, 2.75) is 26.0 Å². The topological polar surface area (TPSA) is 67.3 Å². The molecule has 2 aromatic heterocycles. The van der Waals surface area contributed by atoms with Crippen LogP contribution in [0.5, 0.6) is 5.75 Å². The van der Waals surface area contributed by atoms with Crippen LogP contribution in [-0.4, -0.2) is 22.2 Å². The van der Waals surface area contributed by atoms with E-state index < -0.39 is 0 Å². The Kier molecular flexibility index (Phi) is 5.74. The van der Waals surface area contributed by atoms with Crippen LogP contribution in [0, 0.1) is 0 Å². The van der Waals surface area contributed by atoms with E-state index >= 15 is 0 Å². The molecule has 4 aromatic rings. The molecule has 5 nitrogen and oxygen atoms in total. The summed E-state index contributed by atoms with van der Waals surface area (Å²) in [6.45, 7) is 2.43. The van der Waals surface area contributed by atoms with Gasteiger partial charge in [0.1, 0.15) is 23.0 Å². The first-order valence-electron chi connectivity index (χ1n) is 9.58. The Balaban J connectivity index is 1.84. The van der Waals surface area contributed by atoms with Gasteiger partial charge in [0.05, 0.1) is 11.4 Å². The van der Waals surface area contributed by atoms with Crippen molar-refractivity contribution in [3.8, 4) is 16.9 Å². The average Bonchev–Trinajstić information content (AvgIpc) is 3.18. The lowest BCUT2D eigenvalue weighted by Crippen LogP contribution is -2.13. The van der Waals surface area contributed by atoms with E-state index in [0.29, 0.717) is 12.4 Å². The predicted octanol–water partition coefficient (Wildman–Crippen LogP) is 5.77. The molecule has 4 rings (SSSR count). The highest BCUT2D eigenvalue weighted by Gasteiger charge is 2.19. The molecule has 0 aliphatic rings. The van der Waals surface area contributed by atoms with E-state index in [9.17, 15) is 5.11 Å². The predicted molar refractivity (Wildman–Crippen MR) is 118 cm³/mol. The van der Waals surface area contributed by atoms with E-state index in [0.717, 1.165) is 39.1 Å². The minimum atomic E-state index is -0.0757. The lowest BCUT2D eigenvalue weighted by molar-refractivity contribution is 0.178. The van der Waals surface area contributed by atoms with Crippen LogP contribution in [0.3, 0.4) is 0 Å². The van der Waals surface area contributed by atoms with Gasteiger partial charge in [-0.1, -0.05) is 55.5 Å². The van der Waals surface area contributed by atoms with E-state index in [4.69, 9.17) is 9.72 Å². The van der Waals surface area contributed by atoms with Gasteiger partial charge in [0.25, 0.3) is 0 Å². The second-order valence-corrected chi connectivity index (χ2v) is 7.64. The summed E-state index contributed by atoms with van der Waals surface area (Å²) in [5, 5.41) is 17.0. The van der Waals surface area contributed by atoms with Crippen LogP contribution in [0.1, 0.15) is 30.8 Å². The molecule has 0 bridgehead atoms. The number of nitrogens with zero attached hydrogens (tertiary/aromatic N) is 2. The molecule has 0 spiro atoms. The summed E-state index contributed by atoms with van der Waals surface area (Å²) in [6.07, 6.45) is 0.799. The Labute approximate surface area is 174 Å². The molecule has 0 aliphatic carbocycles. The lowest BCUT2D eigenvalue weighted by atomic mass is 10.0. The number of rotatable bonds is 7. The van der Waals surface area contributed by atoms with Crippen molar-refractivity contribution in [3.63, 3.8) is 0 Å². The summed E-state index contributed by atoms with van der Waals surface area (Å²) >= 11 is 1.60. The largest absolute Gasteiger partial charge is 0.508 e. The Morgan fingerprint density at radius 3 is 2.55 bits per heavy atom. The number of ether oxygens (including phenoxy) is 1. The number of para-hydroxylation sites is 1. The van der Waals surface area contributed by atoms with E-state index in [1.165, 1.54) is 0 Å². The van der Waals surface area contributed by atoms with Crippen molar-refractivity contribution in [2.75, 3.05) is 12.4 Å². The van der Waals surface area contributed by atoms with E-state index in [1.54, 1.807) is 24.5 Å². The van der Waals surface area contributed by atoms with Gasteiger partial charge in [-0.25, -0.2) is 9.97 Å². The molecule has 148 valence electrons. The van der Waals surface area contributed by atoms with Crippen molar-refractivity contribution < 1.29 is 9.84 Å². The molecule has 0 unspecified atom stereocenters. The molecule has 0 saturated carbocycles. The molecule has 0 radical (unpaired) electrons. The maximum absolute atomic E-state index is 10.3. The number of methoxy groups -OCH3 is 1. The molecule has 29 heavy (non-hydrogen) atoms. The number of hydrogen-bond acceptors (Lipinski definition) is 6. The fourth-order valence-corrected chi connectivity index (χ4v) is 4.43. The zero-order chi connectivity index (χ0) is 20.2. The molecule has 6 heteroatoms. The smallest absolute Gasteiger partial charge is 0.158 e. The van der Waals surface area contributed by atoms with Gasteiger partial charge in [-0.05, 0) is 18.1 Å². The molecule has 2 N–H and O–H groups in total. The van der Waals surface area contributed by atoms with Gasteiger partial charge in [-0.15, -0.1) is 11.3 Å². The van der Waals surface area contributed by atoms with Gasteiger partial charge >= 0.3 is 0 Å². The first-order valence-corrected chi connectivity index (χ1v) is 10.5. The van der Waals surface area contributed by atoms with Gasteiger partial charge in [0.15, 0.2) is 5.82 Å². The molecule has 1 atom stereocenters. The van der Waals surface area contributed by atoms with Gasteiger partial charge in [0.2, 0.25) is 0 Å². The highest BCUT2D eigenvalue weighted by Crippen LogP contribution is 2.39. The van der Waals surface area contributed by atoms with Gasteiger partial charge in [-0.3, -0.25) is 0 Å². The summed E-state index contributed by atoms with van der Waals surface area (Å²) < 4.78 is 5.27. The minimum absolute atomic E-state index is 0.0757. The summed E-state index contributed by atoms with van der Waals surface area (Å²) in [7, 11) is 1.64. The number of phenols is 1. The van der Waals surface area contributed by atoms with Gasteiger partial charge < -0.3 is 15.2 Å². The van der Waals surface area contributed by atoms with Crippen molar-refractivity contribution in [3.05, 3.63) is 71.4 Å². The number of aromatic hydroxyl groups is 1. The fourth-order valence-electron chi connectivity index (χ4n) is 3.46. The molecule has 0 aliphatic heterocycles. The number of aromatic nitrogens is 2. The van der Waals surface area contributed by atoms with E-state index in [2.05, 4.69) is 34.7 Å². The third-order valence-electron chi connectivity index (χ3n) is 4.87. The quantitative estimate of drug-likeness (QED) is 0.408. The SMILES string of the molecule is CC[C@H](Nc1nc(COC)nc2scc(-c3ccccc3)c12)c1ccccc1O. The number of thiophene rings is 1. The Morgan fingerprint density at radius 2 is 1.83 bits per heavy atom. The summed E-state index contributed by atoms with van der Waals surface area (Å²) in [5.41, 5.74) is 3.08. The number of nitrogens with one attached hydrogen (secondary N) is 1. The van der Waals surface area contributed by atoms with Crippen molar-refractivity contribution in [1.82, 2.24) is 9.97 Å². The normalized spacial score (nSPS) is 12.2. The summed E-state index contributed by atoms with van der Waals surface area (Å²) in [6, 6.07) is 17.6. The van der Waals surface area contributed by atoms with E-state index in [-0.39, 0.29) is 11.8 Å². The average molecular weight is 406 g/mol. The first-order chi connectivity index (χ1) is 14.2. The monoisotopic (exact) mass is 405 g/mol. The second-order valence-electron chi connectivity index (χ2n) is 6.78. The molecule has 2 heterocycles. The number of benzene rings is 2. The zero-order valence-electron chi connectivity index (χ0n) is 16.4. The third kappa shape index (κ3) is 3.95. The molecule has 0 fully saturated rings. The van der Waals surface area contributed by atoms with Crippen LogP contribution in [0.2, 0.25) is 0 Å². The minimum Gasteiger partial charge on any atom is -0.508 e. The van der Waals surface area contributed by atoms with Crippen molar-refractivity contribution >= 4 is 27.4 Å². The maximum Gasteiger partial charge on any atom is 0.158 e. The molecule has 0 amide bonds. The number of fused-ring (bicyclic) bond motifs is 1. The van der Waals surface area contributed by atoms with Crippen molar-refractivity contribution in [2.24, 2.45) is 0 Å². The van der Waals surface area contributed by atoms with Crippen LogP contribution >= 0.6 is 11.3 Å².